The molecule has 16 heteroatoms. The van der Waals surface area contributed by atoms with Gasteiger partial charge in [0.25, 0.3) is 5.91 Å². The molecule has 3 aromatic carbocycles. The number of amides is 1. The van der Waals surface area contributed by atoms with Crippen LogP contribution in [0.15, 0.2) is 74.8 Å². The Labute approximate surface area is 354 Å². The van der Waals surface area contributed by atoms with Gasteiger partial charge in [-0.25, -0.2) is 14.6 Å². The van der Waals surface area contributed by atoms with Crippen molar-refractivity contribution in [3.8, 4) is 0 Å². The number of carbonyl (C=O) groups excluding carboxylic acids is 1. The van der Waals surface area contributed by atoms with Crippen LogP contribution in [0.4, 0.5) is 5.82 Å². The summed E-state index contributed by atoms with van der Waals surface area (Å²) in [4.78, 5) is 27.2. The number of rotatable bonds is 19. The van der Waals surface area contributed by atoms with Gasteiger partial charge in [0.15, 0.2) is 22.1 Å². The standard InChI is InChI=1S/C41H51Br2N11O2S/c1-2-22-57-41-47-38(45-16-14-44)37-39(48-41)54(50-49-37)25-28-6-8-29(9-7-28)40(56)46-15-4-3-5-17-51-18-20-52(21-19-51)26-32(55)27-53-35-12-10-30(42)23-33(35)34-24-31(43)11-13-36(34)53/h6-13,23-24,32,55H,2-5,14-22,25-27,44H2,1H3,(H,46,56)(H,45,47,48). The Bertz CT molecular complexity index is 2220. The van der Waals surface area contributed by atoms with Crippen molar-refractivity contribution in [3.63, 3.8) is 0 Å². The number of unbranched alkanes of at least 4 members (excludes halogenated alkanes) is 2. The van der Waals surface area contributed by atoms with Crippen LogP contribution in [-0.2, 0) is 13.1 Å². The van der Waals surface area contributed by atoms with E-state index in [0.29, 0.717) is 67.0 Å². The first-order valence-corrected chi connectivity index (χ1v) is 22.4. The van der Waals surface area contributed by atoms with E-state index in [1.54, 1.807) is 16.4 Å². The molecule has 1 unspecified atom stereocenters. The Balaban J connectivity index is 0.805. The summed E-state index contributed by atoms with van der Waals surface area (Å²) in [6.07, 6.45) is 3.65. The zero-order chi connectivity index (χ0) is 39.7. The molecule has 1 amide bonds. The Morgan fingerprint density at radius 2 is 1.60 bits per heavy atom. The number of benzene rings is 3. The first kappa shape index (κ1) is 41.5. The second kappa shape index (κ2) is 19.9. The maximum Gasteiger partial charge on any atom is 0.251 e. The van der Waals surface area contributed by atoms with Gasteiger partial charge in [-0.3, -0.25) is 9.69 Å². The topological polar surface area (TPSA) is 155 Å². The molecule has 0 radical (unpaired) electrons. The number of nitrogens with one attached hydrogen (secondary N) is 2. The van der Waals surface area contributed by atoms with E-state index >= 15 is 0 Å². The second-order valence-corrected chi connectivity index (χ2v) is 17.5. The number of aliphatic hydroxyl groups excluding tert-OH is 1. The van der Waals surface area contributed by atoms with E-state index < -0.39 is 6.10 Å². The molecule has 5 N–H and O–H groups in total. The van der Waals surface area contributed by atoms with E-state index in [0.717, 1.165) is 89.7 Å². The van der Waals surface area contributed by atoms with Gasteiger partial charge in [-0.2, -0.15) is 0 Å². The molecule has 13 nitrogen and oxygen atoms in total. The minimum Gasteiger partial charge on any atom is -0.390 e. The molecule has 4 heterocycles. The van der Waals surface area contributed by atoms with E-state index in [1.165, 1.54) is 10.8 Å². The van der Waals surface area contributed by atoms with Gasteiger partial charge in [0, 0.05) is 94.4 Å². The van der Waals surface area contributed by atoms with Gasteiger partial charge in [0.2, 0.25) is 0 Å². The summed E-state index contributed by atoms with van der Waals surface area (Å²) >= 11 is 8.86. The number of hydrogen-bond donors (Lipinski definition) is 4. The van der Waals surface area contributed by atoms with E-state index in [2.05, 4.69) is 115 Å². The van der Waals surface area contributed by atoms with Crippen LogP contribution in [0.25, 0.3) is 33.0 Å². The molecule has 1 aliphatic rings. The number of fused-ring (bicyclic) bond motifs is 4. The fraction of sp³-hybridized carbons (Fsp3) is 0.439. The monoisotopic (exact) mass is 919 g/mol. The van der Waals surface area contributed by atoms with Crippen molar-refractivity contribution in [3.05, 3.63) is 80.7 Å². The lowest BCUT2D eigenvalue weighted by atomic mass is 10.1. The van der Waals surface area contributed by atoms with Crippen molar-refractivity contribution in [1.82, 2.24) is 44.6 Å². The number of thioether (sulfide) groups is 1. The van der Waals surface area contributed by atoms with Crippen LogP contribution in [0.2, 0.25) is 0 Å². The lowest BCUT2D eigenvalue weighted by molar-refractivity contribution is 0.0650. The number of hydrogen-bond acceptors (Lipinski definition) is 11. The lowest BCUT2D eigenvalue weighted by Crippen LogP contribution is -2.49. The molecule has 1 fully saturated rings. The average Bonchev–Trinajstić information content (AvgIpc) is 3.75. The van der Waals surface area contributed by atoms with Crippen LogP contribution < -0.4 is 16.4 Å². The van der Waals surface area contributed by atoms with Crippen LogP contribution in [0.3, 0.4) is 0 Å². The summed E-state index contributed by atoms with van der Waals surface area (Å²) < 4.78 is 6.12. The average molecular weight is 922 g/mol. The smallest absolute Gasteiger partial charge is 0.251 e. The highest BCUT2D eigenvalue weighted by molar-refractivity contribution is 9.10. The largest absolute Gasteiger partial charge is 0.390 e. The number of piperazine rings is 1. The van der Waals surface area contributed by atoms with Gasteiger partial charge >= 0.3 is 0 Å². The van der Waals surface area contributed by atoms with E-state index in [-0.39, 0.29) is 5.91 Å². The zero-order valence-corrected chi connectivity index (χ0v) is 36.3. The normalized spacial score (nSPS) is 14.5. The fourth-order valence-corrected chi connectivity index (χ4v) is 8.81. The molecule has 1 atom stereocenters. The number of aliphatic hydroxyl groups is 1. The molecule has 6 aromatic rings. The molecule has 0 spiro atoms. The van der Waals surface area contributed by atoms with E-state index in [9.17, 15) is 9.90 Å². The molecular formula is C41H51Br2N11O2S. The number of β-amino-alcohol motifs (C(OH)–C–C–N with tert-alkyl or cyclic N) is 1. The Morgan fingerprint density at radius 1 is 0.895 bits per heavy atom. The zero-order valence-electron chi connectivity index (χ0n) is 32.3. The highest BCUT2D eigenvalue weighted by Crippen LogP contribution is 2.33. The molecule has 0 bridgehead atoms. The van der Waals surface area contributed by atoms with Crippen LogP contribution in [-0.4, -0.2) is 121 Å². The predicted octanol–water partition coefficient (Wildman–Crippen LogP) is 6.35. The molecule has 302 valence electrons. The molecule has 0 aliphatic carbocycles. The summed E-state index contributed by atoms with van der Waals surface area (Å²) in [7, 11) is 0. The van der Waals surface area contributed by atoms with Crippen LogP contribution in [0.5, 0.6) is 0 Å². The summed E-state index contributed by atoms with van der Waals surface area (Å²) in [5, 5.41) is 29.3. The van der Waals surface area contributed by atoms with Crippen molar-refractivity contribution in [2.75, 3.05) is 70.0 Å². The maximum atomic E-state index is 12.9. The third kappa shape index (κ3) is 10.5. The summed E-state index contributed by atoms with van der Waals surface area (Å²) in [5.41, 5.74) is 10.9. The highest BCUT2D eigenvalue weighted by Gasteiger charge is 2.21. The number of halogens is 2. The maximum absolute atomic E-state index is 12.9. The molecular weight excluding hydrogens is 870 g/mol. The second-order valence-electron chi connectivity index (χ2n) is 14.6. The minimum atomic E-state index is -0.465. The van der Waals surface area contributed by atoms with E-state index in [4.69, 9.17) is 10.7 Å². The van der Waals surface area contributed by atoms with Gasteiger partial charge in [0.05, 0.1) is 19.2 Å². The summed E-state index contributed by atoms with van der Waals surface area (Å²) in [5.74, 6) is 1.50. The fourth-order valence-electron chi connectivity index (χ4n) is 7.40. The Morgan fingerprint density at radius 3 is 2.28 bits per heavy atom. The molecule has 1 saturated heterocycles. The van der Waals surface area contributed by atoms with Crippen LogP contribution in [0, 0.1) is 0 Å². The third-order valence-corrected chi connectivity index (χ3v) is 12.4. The summed E-state index contributed by atoms with van der Waals surface area (Å²) in [6.45, 7) is 10.5. The highest BCUT2D eigenvalue weighted by atomic mass is 79.9. The van der Waals surface area contributed by atoms with Gasteiger partial charge in [-0.1, -0.05) is 74.3 Å². The Hall–Kier alpha value is -3.64. The van der Waals surface area contributed by atoms with Gasteiger partial charge in [-0.15, -0.1) is 5.10 Å². The number of aromatic nitrogens is 6. The van der Waals surface area contributed by atoms with Crippen molar-refractivity contribution in [2.24, 2.45) is 5.73 Å². The van der Waals surface area contributed by atoms with Crippen molar-refractivity contribution in [1.29, 1.82) is 0 Å². The van der Waals surface area contributed by atoms with E-state index in [1.807, 2.05) is 24.3 Å². The van der Waals surface area contributed by atoms with Gasteiger partial charge in [-0.05, 0) is 79.9 Å². The number of nitrogens with two attached hydrogens (primary N) is 1. The predicted molar refractivity (Wildman–Crippen MR) is 237 cm³/mol. The molecule has 3 aromatic heterocycles. The molecule has 0 saturated carbocycles. The Kier molecular flexibility index (Phi) is 14.5. The first-order valence-electron chi connectivity index (χ1n) is 19.8. The number of nitrogens with zero attached hydrogens (tertiary/aromatic N) is 8. The number of carbonyl (C=O) groups is 1. The van der Waals surface area contributed by atoms with Crippen molar-refractivity contribution in [2.45, 2.75) is 57.0 Å². The van der Waals surface area contributed by atoms with Crippen molar-refractivity contribution < 1.29 is 9.90 Å². The van der Waals surface area contributed by atoms with Crippen molar-refractivity contribution >= 4 is 88.3 Å². The third-order valence-electron chi connectivity index (χ3n) is 10.3. The molecule has 7 rings (SSSR count). The van der Waals surface area contributed by atoms with Gasteiger partial charge < -0.3 is 30.9 Å². The molecule has 57 heavy (non-hydrogen) atoms. The molecule has 1 aliphatic heterocycles. The summed E-state index contributed by atoms with van der Waals surface area (Å²) in [6, 6.07) is 20.3. The lowest BCUT2D eigenvalue weighted by Gasteiger charge is -2.35. The quantitative estimate of drug-likeness (QED) is 0.0408. The van der Waals surface area contributed by atoms with Gasteiger partial charge in [0.1, 0.15) is 0 Å². The first-order chi connectivity index (χ1) is 27.8. The van der Waals surface area contributed by atoms with Crippen LogP contribution in [0.1, 0.15) is 48.5 Å². The minimum absolute atomic E-state index is 0.0636. The SMILES string of the molecule is CCCSc1nc(NCCN)c2nnn(Cc3ccc(C(=O)NCCCCCN4CCN(CC(O)Cn5c6ccc(Br)cc6c6cc(Br)ccc65)CC4)cc3)c2n1. The van der Waals surface area contributed by atoms with Crippen LogP contribution >= 0.6 is 43.6 Å². The number of anilines is 1.